The van der Waals surface area contributed by atoms with Crippen LogP contribution in [-0.2, 0) is 20.4 Å². The molecule has 1 aliphatic heterocycles. The Morgan fingerprint density at radius 3 is 2.39 bits per heavy atom. The van der Waals surface area contributed by atoms with Gasteiger partial charge in [0.1, 0.15) is 5.60 Å². The highest BCUT2D eigenvalue weighted by atomic mass is 79.9. The van der Waals surface area contributed by atoms with E-state index in [4.69, 9.17) is 4.74 Å². The van der Waals surface area contributed by atoms with Gasteiger partial charge in [0.25, 0.3) is 0 Å². The van der Waals surface area contributed by atoms with Gasteiger partial charge in [-0.1, -0.05) is 58.4 Å². The van der Waals surface area contributed by atoms with Crippen molar-refractivity contribution in [3.05, 3.63) is 70.2 Å². The van der Waals surface area contributed by atoms with Crippen LogP contribution >= 0.6 is 15.9 Å². The predicted octanol–water partition coefficient (Wildman–Crippen LogP) is 4.92. The number of rotatable bonds is 8. The lowest BCUT2D eigenvalue weighted by atomic mass is 9.84. The lowest BCUT2D eigenvalue weighted by Gasteiger charge is -2.43. The molecule has 0 N–H and O–H groups in total. The van der Waals surface area contributed by atoms with Crippen molar-refractivity contribution >= 4 is 32.0 Å². The molecule has 168 valence electrons. The van der Waals surface area contributed by atoms with Gasteiger partial charge in [0.15, 0.2) is 0 Å². The fourth-order valence-electron chi connectivity index (χ4n) is 3.96. The molecular formula is C23H29BrN2O4S. The summed E-state index contributed by atoms with van der Waals surface area (Å²) in [5, 5.41) is 0. The maximum Gasteiger partial charge on any atom is 0.411 e. The fourth-order valence-corrected chi connectivity index (χ4v) is 4.69. The first-order valence-corrected chi connectivity index (χ1v) is 13.0. The van der Waals surface area contributed by atoms with E-state index in [1.54, 1.807) is 11.9 Å². The zero-order valence-electron chi connectivity index (χ0n) is 18.1. The highest BCUT2D eigenvalue weighted by molar-refractivity contribution is 9.10. The van der Waals surface area contributed by atoms with Gasteiger partial charge in [-0.15, -0.1) is 0 Å². The Morgan fingerprint density at radius 1 is 1.16 bits per heavy atom. The third kappa shape index (κ3) is 5.67. The van der Waals surface area contributed by atoms with E-state index in [0.717, 1.165) is 15.6 Å². The molecule has 2 aromatic rings. The molecule has 3 rings (SSSR count). The summed E-state index contributed by atoms with van der Waals surface area (Å²) >= 11 is 3.44. The summed E-state index contributed by atoms with van der Waals surface area (Å²) in [7, 11) is -1.67. The average Bonchev–Trinajstić information content (AvgIpc) is 2.74. The van der Waals surface area contributed by atoms with Crippen molar-refractivity contribution in [1.29, 1.82) is 0 Å². The normalized spacial score (nSPS) is 20.5. The number of cyclic esters (lactones) is 1. The van der Waals surface area contributed by atoms with Gasteiger partial charge >= 0.3 is 6.09 Å². The van der Waals surface area contributed by atoms with Gasteiger partial charge in [0.2, 0.25) is 10.0 Å². The van der Waals surface area contributed by atoms with Crippen LogP contribution < -0.4 is 0 Å². The smallest absolute Gasteiger partial charge is 0.411 e. The minimum absolute atomic E-state index is 0.106. The van der Waals surface area contributed by atoms with Crippen LogP contribution in [0.3, 0.4) is 0 Å². The summed E-state index contributed by atoms with van der Waals surface area (Å²) in [6.45, 7) is 2.94. The highest BCUT2D eigenvalue weighted by Gasteiger charge is 2.43. The zero-order chi connectivity index (χ0) is 22.6. The van der Waals surface area contributed by atoms with Gasteiger partial charge < -0.3 is 9.64 Å². The summed E-state index contributed by atoms with van der Waals surface area (Å²) in [6, 6.07) is 17.6. The third-order valence-electron chi connectivity index (χ3n) is 6.01. The molecule has 0 bridgehead atoms. The number of amides is 1. The molecule has 0 unspecified atom stereocenters. The Hall–Kier alpha value is -1.90. The Kier molecular flexibility index (Phi) is 7.44. The van der Waals surface area contributed by atoms with Crippen molar-refractivity contribution in [2.24, 2.45) is 0 Å². The number of halogens is 1. The largest absolute Gasteiger partial charge is 0.438 e. The lowest BCUT2D eigenvalue weighted by molar-refractivity contribution is -0.0667. The van der Waals surface area contributed by atoms with Crippen molar-refractivity contribution < 1.29 is 17.9 Å². The number of hydrogen-bond acceptors (Lipinski definition) is 4. The van der Waals surface area contributed by atoms with E-state index in [-0.39, 0.29) is 12.1 Å². The minimum atomic E-state index is -3.24. The van der Waals surface area contributed by atoms with Crippen LogP contribution in [0.1, 0.15) is 43.4 Å². The van der Waals surface area contributed by atoms with E-state index in [2.05, 4.69) is 15.9 Å². The second kappa shape index (κ2) is 9.71. The van der Waals surface area contributed by atoms with E-state index < -0.39 is 15.6 Å². The third-order valence-corrected chi connectivity index (χ3v) is 7.86. The molecule has 1 heterocycles. The summed E-state index contributed by atoms with van der Waals surface area (Å²) in [4.78, 5) is 14.9. The van der Waals surface area contributed by atoms with Crippen molar-refractivity contribution in [3.63, 3.8) is 0 Å². The van der Waals surface area contributed by atoms with Crippen molar-refractivity contribution in [2.45, 2.75) is 37.8 Å². The summed E-state index contributed by atoms with van der Waals surface area (Å²) < 4.78 is 31.9. The molecule has 0 spiro atoms. The van der Waals surface area contributed by atoms with Gasteiger partial charge in [-0.3, -0.25) is 0 Å². The summed E-state index contributed by atoms with van der Waals surface area (Å²) in [5.74, 6) is 0. The molecule has 1 saturated heterocycles. The van der Waals surface area contributed by atoms with Crippen LogP contribution in [0.15, 0.2) is 59.1 Å². The molecule has 2 aromatic carbocycles. The quantitative estimate of drug-likeness (QED) is 0.507. The summed E-state index contributed by atoms with van der Waals surface area (Å²) in [6.07, 6.45) is 2.65. The Morgan fingerprint density at radius 2 is 1.81 bits per heavy atom. The summed E-state index contributed by atoms with van der Waals surface area (Å²) in [5.41, 5.74) is 1.23. The van der Waals surface area contributed by atoms with Gasteiger partial charge in [-0.2, -0.15) is 0 Å². The first-order valence-electron chi connectivity index (χ1n) is 10.3. The highest BCUT2D eigenvalue weighted by Crippen LogP contribution is 2.40. The van der Waals surface area contributed by atoms with Gasteiger partial charge in [-0.05, 0) is 43.0 Å². The molecule has 1 fully saturated rings. The van der Waals surface area contributed by atoms with Crippen LogP contribution in [0.5, 0.6) is 0 Å². The minimum Gasteiger partial charge on any atom is -0.438 e. The zero-order valence-corrected chi connectivity index (χ0v) is 20.5. The van der Waals surface area contributed by atoms with Crippen molar-refractivity contribution in [1.82, 2.24) is 9.21 Å². The molecule has 0 saturated carbocycles. The van der Waals surface area contributed by atoms with E-state index in [1.807, 2.05) is 61.5 Å². The predicted molar refractivity (Wildman–Crippen MR) is 125 cm³/mol. The molecule has 0 aliphatic carbocycles. The number of ether oxygens (including phenoxy) is 1. The number of carbonyl (C=O) groups is 1. The molecule has 2 atom stereocenters. The molecule has 0 radical (unpaired) electrons. The molecule has 31 heavy (non-hydrogen) atoms. The Labute approximate surface area is 193 Å². The van der Waals surface area contributed by atoms with Crippen LogP contribution in [0.4, 0.5) is 4.79 Å². The maximum atomic E-state index is 13.1. The van der Waals surface area contributed by atoms with Crippen molar-refractivity contribution in [3.8, 4) is 0 Å². The van der Waals surface area contributed by atoms with E-state index in [0.29, 0.717) is 32.4 Å². The standard InChI is InChI=1S/C23H29BrN2O4S/c1-18(19-10-12-21(24)13-11-19)26-17-15-23(30-22(26)27,20-8-5-4-6-9-20)14-7-16-25(2)31(3,28)29/h4-6,8-13,18H,7,14-17H2,1-3H3/t18-,23+/m0/s1. The maximum absolute atomic E-state index is 13.1. The first-order chi connectivity index (χ1) is 14.6. The van der Waals surface area contributed by atoms with Crippen molar-refractivity contribution in [2.75, 3.05) is 26.4 Å². The van der Waals surface area contributed by atoms with Gasteiger partial charge in [0.05, 0.1) is 12.3 Å². The van der Waals surface area contributed by atoms with Crippen LogP contribution in [0, 0.1) is 0 Å². The number of benzene rings is 2. The number of nitrogens with zero attached hydrogens (tertiary/aromatic N) is 2. The second-order valence-electron chi connectivity index (χ2n) is 8.09. The van der Waals surface area contributed by atoms with Crippen LogP contribution in [-0.4, -0.2) is 50.1 Å². The Bertz CT molecular complexity index is 998. The average molecular weight is 509 g/mol. The number of carbonyl (C=O) groups excluding carboxylic acids is 1. The van der Waals surface area contributed by atoms with Gasteiger partial charge in [0, 0.05) is 31.0 Å². The van der Waals surface area contributed by atoms with Crippen LogP contribution in [0.2, 0.25) is 0 Å². The van der Waals surface area contributed by atoms with Gasteiger partial charge in [-0.25, -0.2) is 17.5 Å². The molecule has 0 aromatic heterocycles. The fraction of sp³-hybridized carbons (Fsp3) is 0.435. The van der Waals surface area contributed by atoms with E-state index in [9.17, 15) is 13.2 Å². The SMILES string of the molecule is C[C@@H](c1ccc(Br)cc1)N1CC[C@](CCCN(C)S(C)(=O)=O)(c2ccccc2)OC1=O. The molecule has 1 amide bonds. The first kappa shape index (κ1) is 23.8. The lowest BCUT2D eigenvalue weighted by Crippen LogP contribution is -2.49. The molecule has 1 aliphatic rings. The number of sulfonamides is 1. The Balaban J connectivity index is 1.77. The monoisotopic (exact) mass is 508 g/mol. The van der Waals surface area contributed by atoms with E-state index in [1.165, 1.54) is 10.6 Å². The van der Waals surface area contributed by atoms with E-state index >= 15 is 0 Å². The van der Waals surface area contributed by atoms with Crippen LogP contribution in [0.25, 0.3) is 0 Å². The molecule has 6 nitrogen and oxygen atoms in total. The number of hydrogen-bond donors (Lipinski definition) is 0. The molecule has 8 heteroatoms. The second-order valence-corrected chi connectivity index (χ2v) is 11.1. The molecular weight excluding hydrogens is 480 g/mol. The topological polar surface area (TPSA) is 66.9 Å².